The molecule has 1 aromatic rings. The molecule has 0 amide bonds. The van der Waals surface area contributed by atoms with Crippen LogP contribution in [-0.4, -0.2) is 22.4 Å². The lowest BCUT2D eigenvalue weighted by atomic mass is 10.3. The summed E-state index contributed by atoms with van der Waals surface area (Å²) < 4.78 is 51.8. The zero-order valence-corrected chi connectivity index (χ0v) is 10.0. The fourth-order valence-electron chi connectivity index (χ4n) is 0.954. The van der Waals surface area contributed by atoms with Gasteiger partial charge in [0.2, 0.25) is 0 Å². The maximum atomic E-state index is 12.4. The molecule has 0 bridgehead atoms. The first-order valence-electron chi connectivity index (χ1n) is 3.99. The highest BCUT2D eigenvalue weighted by Crippen LogP contribution is 2.30. The largest absolute Gasteiger partial charge is 0.573 e. The summed E-state index contributed by atoms with van der Waals surface area (Å²) in [6.07, 6.45) is -4.98. The molecule has 0 aliphatic heterocycles. The van der Waals surface area contributed by atoms with Gasteiger partial charge in [-0.15, -0.1) is 13.2 Å². The Kier molecular flexibility index (Phi) is 4.11. The van der Waals surface area contributed by atoms with Crippen LogP contribution in [0.4, 0.5) is 17.6 Å². The molecule has 1 rings (SSSR count). The van der Waals surface area contributed by atoms with Crippen LogP contribution in [0.1, 0.15) is 16.2 Å². The van der Waals surface area contributed by atoms with Crippen molar-refractivity contribution in [1.29, 1.82) is 0 Å². The van der Waals surface area contributed by atoms with Crippen molar-refractivity contribution in [3.63, 3.8) is 0 Å². The Balaban J connectivity index is 3.28. The molecule has 4 nitrogen and oxygen atoms in total. The third-order valence-corrected chi connectivity index (χ3v) is 2.72. The van der Waals surface area contributed by atoms with Gasteiger partial charge in [-0.25, -0.2) is 14.2 Å². The number of carboxylic acids is 1. The molecule has 1 N–H and O–H groups in total. The first-order chi connectivity index (χ1) is 7.74. The molecule has 0 atom stereocenters. The average Bonchev–Trinajstić information content (AvgIpc) is 2.18. The van der Waals surface area contributed by atoms with Crippen LogP contribution in [0.2, 0.25) is 0 Å². The Morgan fingerprint density at radius 3 is 2.53 bits per heavy atom. The quantitative estimate of drug-likeness (QED) is 0.661. The van der Waals surface area contributed by atoms with Crippen LogP contribution in [0.3, 0.4) is 0 Å². The molecule has 1 heterocycles. The van der Waals surface area contributed by atoms with Crippen molar-refractivity contribution in [2.75, 3.05) is 0 Å². The van der Waals surface area contributed by atoms with Gasteiger partial charge in [0.15, 0.2) is 5.69 Å². The summed E-state index contributed by atoms with van der Waals surface area (Å²) in [6.45, 7) is -1.19. The van der Waals surface area contributed by atoms with Gasteiger partial charge in [0.25, 0.3) is 0 Å². The zero-order valence-electron chi connectivity index (χ0n) is 7.89. The second-order valence-corrected chi connectivity index (χ2v) is 3.83. The number of pyridine rings is 1. The van der Waals surface area contributed by atoms with Crippen LogP contribution in [0.5, 0.6) is 5.75 Å². The van der Waals surface area contributed by atoms with Crippen LogP contribution in [0.25, 0.3) is 0 Å². The van der Waals surface area contributed by atoms with Crippen LogP contribution >= 0.6 is 22.6 Å². The number of hydrogen-bond donors (Lipinski definition) is 1. The number of alkyl halides is 4. The number of carbonyl (C=O) groups is 1. The van der Waals surface area contributed by atoms with E-state index in [1.54, 1.807) is 0 Å². The molecule has 0 aliphatic carbocycles. The lowest BCUT2D eigenvalue weighted by Crippen LogP contribution is -2.19. The summed E-state index contributed by atoms with van der Waals surface area (Å²) in [4.78, 5) is 13.9. The van der Waals surface area contributed by atoms with Gasteiger partial charge in [-0.1, -0.05) is 0 Å². The standard InChI is InChI=1S/C8H4F4INO3/c9-2-4-6(13)5(17-8(10,11)12)1-3(14-4)7(15)16/h1H,2H2,(H,15,16). The Morgan fingerprint density at radius 2 is 2.12 bits per heavy atom. The summed E-state index contributed by atoms with van der Waals surface area (Å²) >= 11 is 1.40. The number of nitrogens with zero attached hydrogens (tertiary/aromatic N) is 1. The van der Waals surface area contributed by atoms with Crippen LogP contribution < -0.4 is 4.74 Å². The van der Waals surface area contributed by atoms with E-state index in [0.29, 0.717) is 6.07 Å². The SMILES string of the molecule is O=C(O)c1cc(OC(F)(F)F)c(I)c(CF)n1. The van der Waals surface area contributed by atoms with Crippen molar-refractivity contribution in [3.8, 4) is 5.75 Å². The van der Waals surface area contributed by atoms with E-state index in [0.717, 1.165) is 0 Å². The Morgan fingerprint density at radius 1 is 1.53 bits per heavy atom. The molecular formula is C8H4F4INO3. The third kappa shape index (κ3) is 3.68. The lowest BCUT2D eigenvalue weighted by molar-refractivity contribution is -0.275. The maximum Gasteiger partial charge on any atom is 0.573 e. The van der Waals surface area contributed by atoms with E-state index in [2.05, 4.69) is 9.72 Å². The van der Waals surface area contributed by atoms with Crippen molar-refractivity contribution in [1.82, 2.24) is 4.98 Å². The van der Waals surface area contributed by atoms with Gasteiger partial charge in [-0.2, -0.15) is 0 Å². The molecule has 9 heteroatoms. The van der Waals surface area contributed by atoms with Crippen LogP contribution in [-0.2, 0) is 6.67 Å². The van der Waals surface area contributed by atoms with Crippen molar-refractivity contribution in [2.24, 2.45) is 0 Å². The second-order valence-electron chi connectivity index (χ2n) is 2.75. The highest BCUT2D eigenvalue weighted by atomic mass is 127. The molecule has 17 heavy (non-hydrogen) atoms. The topological polar surface area (TPSA) is 59.4 Å². The second kappa shape index (κ2) is 5.02. The predicted molar refractivity (Wildman–Crippen MR) is 55.4 cm³/mol. The Hall–Kier alpha value is -1.13. The van der Waals surface area contributed by atoms with E-state index in [-0.39, 0.29) is 3.57 Å². The smallest absolute Gasteiger partial charge is 0.477 e. The van der Waals surface area contributed by atoms with Crippen LogP contribution in [0, 0.1) is 3.57 Å². The molecule has 0 aliphatic rings. The van der Waals surface area contributed by atoms with E-state index in [4.69, 9.17) is 5.11 Å². The van der Waals surface area contributed by atoms with Crippen molar-refractivity contribution in [3.05, 3.63) is 21.0 Å². The summed E-state index contributed by atoms with van der Waals surface area (Å²) in [5.74, 6) is -2.35. The summed E-state index contributed by atoms with van der Waals surface area (Å²) in [5, 5.41) is 8.59. The molecule has 0 fully saturated rings. The molecule has 0 radical (unpaired) electrons. The minimum atomic E-state index is -4.98. The molecular weight excluding hydrogens is 361 g/mol. The first-order valence-corrected chi connectivity index (χ1v) is 5.07. The summed E-state index contributed by atoms with van der Waals surface area (Å²) in [5.41, 5.74) is -1.12. The molecule has 1 aromatic heterocycles. The Labute approximate surface area is 106 Å². The van der Waals surface area contributed by atoms with Gasteiger partial charge in [-0.05, 0) is 22.6 Å². The monoisotopic (exact) mass is 365 g/mol. The van der Waals surface area contributed by atoms with Gasteiger partial charge in [0, 0.05) is 6.07 Å². The van der Waals surface area contributed by atoms with E-state index < -0.39 is 36.1 Å². The molecule has 0 spiro atoms. The van der Waals surface area contributed by atoms with Crippen molar-refractivity contribution in [2.45, 2.75) is 13.0 Å². The number of halogens is 5. The average molecular weight is 365 g/mol. The van der Waals surface area contributed by atoms with Gasteiger partial charge in [0.05, 0.1) is 9.26 Å². The van der Waals surface area contributed by atoms with E-state index in [1.807, 2.05) is 0 Å². The van der Waals surface area contributed by atoms with E-state index in [1.165, 1.54) is 22.6 Å². The number of ether oxygens (including phenoxy) is 1. The highest BCUT2D eigenvalue weighted by Gasteiger charge is 2.33. The fourth-order valence-corrected chi connectivity index (χ4v) is 1.48. The van der Waals surface area contributed by atoms with Gasteiger partial charge >= 0.3 is 12.3 Å². The lowest BCUT2D eigenvalue weighted by Gasteiger charge is -2.12. The summed E-state index contributed by atoms with van der Waals surface area (Å²) in [6, 6.07) is 0.594. The highest BCUT2D eigenvalue weighted by molar-refractivity contribution is 14.1. The molecule has 0 saturated carbocycles. The molecule has 0 aromatic carbocycles. The molecule has 0 saturated heterocycles. The molecule has 94 valence electrons. The fraction of sp³-hybridized carbons (Fsp3) is 0.250. The first kappa shape index (κ1) is 13.9. The van der Waals surface area contributed by atoms with E-state index in [9.17, 15) is 22.4 Å². The molecule has 0 unspecified atom stereocenters. The van der Waals surface area contributed by atoms with Crippen LogP contribution in [0.15, 0.2) is 6.07 Å². The van der Waals surface area contributed by atoms with Gasteiger partial charge in [0.1, 0.15) is 12.4 Å². The van der Waals surface area contributed by atoms with Gasteiger partial charge in [-0.3, -0.25) is 0 Å². The number of rotatable bonds is 3. The number of carboxylic acid groups (broad SMARTS) is 1. The van der Waals surface area contributed by atoms with Crippen molar-refractivity contribution >= 4 is 28.6 Å². The minimum Gasteiger partial charge on any atom is -0.477 e. The number of aromatic nitrogens is 1. The maximum absolute atomic E-state index is 12.4. The number of hydrogen-bond acceptors (Lipinski definition) is 3. The van der Waals surface area contributed by atoms with E-state index >= 15 is 0 Å². The minimum absolute atomic E-state index is 0.215. The third-order valence-electron chi connectivity index (χ3n) is 1.56. The van der Waals surface area contributed by atoms with Gasteiger partial charge < -0.3 is 9.84 Å². The zero-order chi connectivity index (χ0) is 13.2. The Bertz CT molecular complexity index is 449. The number of aromatic carboxylic acids is 1. The van der Waals surface area contributed by atoms with Crippen molar-refractivity contribution < 1.29 is 32.2 Å². The summed E-state index contributed by atoms with van der Waals surface area (Å²) in [7, 11) is 0. The predicted octanol–water partition coefficient (Wildman–Crippen LogP) is 2.75. The normalized spacial score (nSPS) is 11.4.